The first kappa shape index (κ1) is 21.8. The molecule has 0 bridgehead atoms. The van der Waals surface area contributed by atoms with E-state index in [1.807, 2.05) is 38.4 Å². The Morgan fingerprint density at radius 2 is 1.22 bits per heavy atom. The van der Waals surface area contributed by atoms with Crippen LogP contribution in [0.25, 0.3) is 54.4 Å². The van der Waals surface area contributed by atoms with E-state index >= 15 is 0 Å². The Bertz CT molecular complexity index is 1950. The zero-order chi connectivity index (χ0) is 25.1. The maximum atomic E-state index is 9.06. The van der Waals surface area contributed by atoms with E-state index in [0.717, 1.165) is 41.6 Å². The summed E-state index contributed by atoms with van der Waals surface area (Å²) in [6.07, 6.45) is 9.20. The number of hydrogen-bond acceptors (Lipinski definition) is 6. The van der Waals surface area contributed by atoms with Crippen molar-refractivity contribution in [1.29, 1.82) is 10.5 Å². The Hall–Kier alpha value is -4.74. The van der Waals surface area contributed by atoms with Gasteiger partial charge in [-0.15, -0.1) is 0 Å². The Morgan fingerprint density at radius 1 is 0.806 bits per heavy atom. The molecule has 2 atom stereocenters. The quantitative estimate of drug-likeness (QED) is 0.240. The molecule has 0 spiro atoms. The number of rotatable bonds is 2. The van der Waals surface area contributed by atoms with Crippen LogP contribution in [0.5, 0.6) is 0 Å². The van der Waals surface area contributed by atoms with Gasteiger partial charge in [0.25, 0.3) is 0 Å². The summed E-state index contributed by atoms with van der Waals surface area (Å²) >= 11 is 2.99. The van der Waals surface area contributed by atoms with Crippen LogP contribution in [0, 0.1) is 47.6 Å². The molecule has 0 aromatic carbocycles. The Kier molecular flexibility index (Phi) is 4.78. The summed E-state index contributed by atoms with van der Waals surface area (Å²) < 4.78 is 6.50. The van der Waals surface area contributed by atoms with Crippen molar-refractivity contribution in [3.8, 4) is 12.1 Å². The number of aromatic nitrogens is 2. The maximum Gasteiger partial charge on any atom is 0.350 e. The molecule has 2 unspecified atom stereocenters. The van der Waals surface area contributed by atoms with Crippen molar-refractivity contribution in [2.24, 2.45) is 35.9 Å². The van der Waals surface area contributed by atoms with E-state index in [1.165, 1.54) is 22.7 Å². The van der Waals surface area contributed by atoms with Crippen molar-refractivity contribution >= 4 is 89.1 Å². The third-order valence-electron chi connectivity index (χ3n) is 6.59. The second-order valence-electron chi connectivity index (χ2n) is 8.45. The van der Waals surface area contributed by atoms with E-state index in [1.54, 1.807) is 0 Å². The van der Waals surface area contributed by atoms with Crippen molar-refractivity contribution in [2.75, 3.05) is 0 Å². The molecular weight excluding hydrogens is 488 g/mol. The number of fused-ring (bicyclic) bond motifs is 7. The molecule has 4 aromatic rings. The van der Waals surface area contributed by atoms with E-state index < -0.39 is 0 Å². The number of nitrogens with zero attached hydrogens (tertiary/aromatic N) is 8. The zero-order valence-electron chi connectivity index (χ0n) is 19.0. The lowest BCUT2D eigenvalue weighted by atomic mass is 9.84. The standard InChI is InChI=1S/C26H14N8S2/c1-29-21(11-27)31-23-9-19-25(35-23)15-5-13-8-18-16(6-14(13)7-17(15)33(19)3)26-20(34(18)4)10-24(36-26)32-22(12-28)30-2/h5-10,13-14H,3-4H3. The van der Waals surface area contributed by atoms with Gasteiger partial charge in [-0.2, -0.15) is 0 Å². The molecule has 0 fully saturated rings. The van der Waals surface area contributed by atoms with Crippen LogP contribution in [-0.2, 0) is 14.1 Å². The summed E-state index contributed by atoms with van der Waals surface area (Å²) in [4.78, 5) is 14.7. The molecule has 2 aliphatic rings. The minimum atomic E-state index is -0.163. The van der Waals surface area contributed by atoms with Crippen LogP contribution in [0.3, 0.4) is 0 Å². The van der Waals surface area contributed by atoms with Crippen molar-refractivity contribution in [2.45, 2.75) is 0 Å². The highest BCUT2D eigenvalue weighted by molar-refractivity contribution is 7.22. The van der Waals surface area contributed by atoms with Crippen molar-refractivity contribution in [1.82, 2.24) is 9.13 Å². The van der Waals surface area contributed by atoms with Crippen LogP contribution in [-0.4, -0.2) is 20.8 Å². The van der Waals surface area contributed by atoms with E-state index in [0.29, 0.717) is 10.0 Å². The number of hydrogen-bond donors (Lipinski definition) is 0. The van der Waals surface area contributed by atoms with E-state index in [2.05, 4.69) is 53.1 Å². The smallest absolute Gasteiger partial charge is 0.350 e. The average Bonchev–Trinajstić information content (AvgIpc) is 3.62. The molecule has 0 aliphatic heterocycles. The number of thiophene rings is 2. The predicted octanol–water partition coefficient (Wildman–Crippen LogP) is 2.82. The number of aryl methyl sites for hydroxylation is 2. The predicted molar refractivity (Wildman–Crippen MR) is 144 cm³/mol. The first-order valence-corrected chi connectivity index (χ1v) is 12.5. The average molecular weight is 503 g/mol. The molecule has 4 heterocycles. The topological polar surface area (TPSA) is 90.9 Å². The Morgan fingerprint density at radius 3 is 1.58 bits per heavy atom. The summed E-state index contributed by atoms with van der Waals surface area (Å²) in [6, 6.07) is 7.53. The Balaban J connectivity index is 1.52. The molecule has 170 valence electrons. The van der Waals surface area contributed by atoms with Gasteiger partial charge in [0, 0.05) is 59.2 Å². The van der Waals surface area contributed by atoms with Crippen LogP contribution in [0.4, 0.5) is 10.0 Å². The second kappa shape index (κ2) is 7.90. The maximum absolute atomic E-state index is 9.06. The van der Waals surface area contributed by atoms with Crippen molar-refractivity contribution in [3.63, 3.8) is 0 Å². The van der Waals surface area contributed by atoms with E-state index in [9.17, 15) is 0 Å². The van der Waals surface area contributed by atoms with Gasteiger partial charge in [0.05, 0.1) is 20.4 Å². The SMILES string of the molecule is [C-]#[N+]C(C#N)=Nc1cc2c(s1)c1c(n2C)=CC2C=c3c(n(C)c4cc(N=C(C#N)[N+]#[C-])sc34)=CC2C=1. The molecule has 10 heteroatoms. The third kappa shape index (κ3) is 3.07. The van der Waals surface area contributed by atoms with E-state index in [-0.39, 0.29) is 23.5 Å². The molecule has 2 aliphatic carbocycles. The molecule has 0 amide bonds. The molecule has 36 heavy (non-hydrogen) atoms. The van der Waals surface area contributed by atoms with Gasteiger partial charge in [0.2, 0.25) is 10.0 Å². The largest absolute Gasteiger partial charge is 0.351 e. The van der Waals surface area contributed by atoms with Crippen molar-refractivity contribution < 1.29 is 0 Å². The van der Waals surface area contributed by atoms with Crippen LogP contribution >= 0.6 is 22.7 Å². The van der Waals surface area contributed by atoms with Gasteiger partial charge in [-0.05, 0) is 0 Å². The summed E-state index contributed by atoms with van der Waals surface area (Å²) in [7, 11) is 4.05. The van der Waals surface area contributed by atoms with Gasteiger partial charge >= 0.3 is 11.7 Å². The molecule has 4 aromatic heterocycles. The van der Waals surface area contributed by atoms with Gasteiger partial charge in [-0.25, -0.2) is 10.5 Å². The summed E-state index contributed by atoms with van der Waals surface area (Å²) in [5.41, 5.74) is 2.07. The van der Waals surface area contributed by atoms with E-state index in [4.69, 9.17) is 23.7 Å². The van der Waals surface area contributed by atoms with Crippen LogP contribution in [0.15, 0.2) is 22.1 Å². The Labute approximate surface area is 212 Å². The van der Waals surface area contributed by atoms with Crippen LogP contribution in [0.1, 0.15) is 0 Å². The fourth-order valence-corrected chi connectivity index (χ4v) is 7.15. The van der Waals surface area contributed by atoms with Gasteiger partial charge in [-0.1, -0.05) is 70.1 Å². The highest BCUT2D eigenvalue weighted by atomic mass is 32.1. The highest BCUT2D eigenvalue weighted by Gasteiger charge is 2.25. The van der Waals surface area contributed by atoms with Crippen molar-refractivity contribution in [3.05, 3.63) is 56.1 Å². The molecule has 0 saturated heterocycles. The lowest BCUT2D eigenvalue weighted by molar-refractivity contribution is 0.764. The summed E-state index contributed by atoms with van der Waals surface area (Å²) in [6.45, 7) is 14.2. The zero-order valence-corrected chi connectivity index (χ0v) is 20.6. The number of nitriles is 2. The molecule has 0 N–H and O–H groups in total. The lowest BCUT2D eigenvalue weighted by Gasteiger charge is -2.21. The van der Waals surface area contributed by atoms with Crippen LogP contribution < -0.4 is 21.1 Å². The minimum Gasteiger partial charge on any atom is -0.351 e. The minimum absolute atomic E-state index is 0.163. The monoisotopic (exact) mass is 502 g/mol. The number of aliphatic imine (C=N–C) groups is 2. The first-order chi connectivity index (χ1) is 17.4. The van der Waals surface area contributed by atoms with Gasteiger partial charge in [0.1, 0.15) is 12.1 Å². The molecule has 0 radical (unpaired) electrons. The summed E-state index contributed by atoms with van der Waals surface area (Å²) in [5.74, 6) is 0.0543. The first-order valence-electron chi connectivity index (χ1n) is 10.8. The normalized spacial score (nSPS) is 18.3. The lowest BCUT2D eigenvalue weighted by Crippen LogP contribution is -2.39. The summed E-state index contributed by atoms with van der Waals surface area (Å²) in [5, 5.41) is 24.0. The number of amidine groups is 2. The third-order valence-corrected chi connectivity index (χ3v) is 8.70. The molecule has 8 nitrogen and oxygen atoms in total. The fraction of sp³-hybridized carbons (Fsp3) is 0.154. The molecule has 0 saturated carbocycles. The second-order valence-corrected chi connectivity index (χ2v) is 10.5. The van der Waals surface area contributed by atoms with Gasteiger partial charge in [0.15, 0.2) is 0 Å². The molecular formula is C26H14N8S2. The highest BCUT2D eigenvalue weighted by Crippen LogP contribution is 2.33. The fourth-order valence-electron chi connectivity index (χ4n) is 4.96. The van der Waals surface area contributed by atoms with Gasteiger partial charge in [-0.3, -0.25) is 0 Å². The van der Waals surface area contributed by atoms with Crippen LogP contribution in [0.2, 0.25) is 0 Å². The van der Waals surface area contributed by atoms with Gasteiger partial charge < -0.3 is 18.8 Å². The molecule has 6 rings (SSSR count).